The Hall–Kier alpha value is -1.13. The number of nitrogens with zero attached hydrogens (tertiary/aromatic N) is 1. The van der Waals surface area contributed by atoms with Gasteiger partial charge in [0.1, 0.15) is 5.75 Å². The Morgan fingerprint density at radius 2 is 2.30 bits per heavy atom. The van der Waals surface area contributed by atoms with Crippen molar-refractivity contribution >= 4 is 0 Å². The van der Waals surface area contributed by atoms with E-state index < -0.39 is 0 Å². The van der Waals surface area contributed by atoms with Crippen LogP contribution in [0.15, 0.2) is 18.5 Å². The Kier molecular flexibility index (Phi) is 3.69. The molecule has 4 heteroatoms. The molecule has 0 amide bonds. The highest BCUT2D eigenvalue weighted by Crippen LogP contribution is 2.52. The molecule has 20 heavy (non-hydrogen) atoms. The van der Waals surface area contributed by atoms with Gasteiger partial charge in [-0.15, -0.1) is 0 Å². The second kappa shape index (κ2) is 5.34. The molecule has 4 nitrogen and oxygen atoms in total. The first kappa shape index (κ1) is 13.8. The average molecular weight is 276 g/mol. The van der Waals surface area contributed by atoms with Crippen LogP contribution in [-0.2, 0) is 11.3 Å². The zero-order valence-corrected chi connectivity index (χ0v) is 12.4. The zero-order chi connectivity index (χ0) is 14.1. The van der Waals surface area contributed by atoms with Gasteiger partial charge in [0, 0.05) is 19.3 Å². The predicted octanol–water partition coefficient (Wildman–Crippen LogP) is 2.53. The lowest BCUT2D eigenvalue weighted by molar-refractivity contribution is -0.0250. The molecule has 0 aromatic carbocycles. The number of aromatic nitrogens is 1. The molecule has 2 atom stereocenters. The number of hydrogen-bond donors (Lipinski definition) is 1. The third-order valence-corrected chi connectivity index (χ3v) is 4.52. The van der Waals surface area contributed by atoms with E-state index in [0.717, 1.165) is 31.0 Å². The van der Waals surface area contributed by atoms with Gasteiger partial charge in [-0.3, -0.25) is 4.98 Å². The van der Waals surface area contributed by atoms with Crippen LogP contribution in [0.25, 0.3) is 0 Å². The van der Waals surface area contributed by atoms with Crippen LogP contribution in [0.1, 0.15) is 38.7 Å². The summed E-state index contributed by atoms with van der Waals surface area (Å²) in [7, 11) is 0. The largest absolute Gasteiger partial charge is 0.492 e. The molecule has 1 aromatic rings. The highest BCUT2D eigenvalue weighted by atomic mass is 16.5. The maximum absolute atomic E-state index is 6.04. The fraction of sp³-hybridized carbons (Fsp3) is 0.688. The van der Waals surface area contributed by atoms with Gasteiger partial charge in [-0.2, -0.15) is 0 Å². The molecule has 0 spiro atoms. The molecule has 110 valence electrons. The molecule has 1 saturated carbocycles. The average Bonchev–Trinajstić information content (AvgIpc) is 2.93. The lowest BCUT2D eigenvalue weighted by Crippen LogP contribution is -2.38. The Morgan fingerprint density at radius 3 is 2.95 bits per heavy atom. The summed E-state index contributed by atoms with van der Waals surface area (Å²) in [6.07, 6.45) is 7.34. The van der Waals surface area contributed by atoms with Crippen molar-refractivity contribution in [2.45, 2.75) is 45.3 Å². The summed E-state index contributed by atoms with van der Waals surface area (Å²) in [5.41, 5.74) is 1.67. The van der Waals surface area contributed by atoms with Crippen LogP contribution in [0.3, 0.4) is 0 Å². The fourth-order valence-corrected chi connectivity index (χ4v) is 3.50. The summed E-state index contributed by atoms with van der Waals surface area (Å²) < 4.78 is 11.5. The van der Waals surface area contributed by atoms with E-state index in [9.17, 15) is 0 Å². The second-order valence-electron chi connectivity index (χ2n) is 6.52. The first-order valence-electron chi connectivity index (χ1n) is 7.55. The fourth-order valence-electron chi connectivity index (χ4n) is 3.50. The molecular formula is C16H24N2O2. The van der Waals surface area contributed by atoms with Gasteiger partial charge in [0.2, 0.25) is 0 Å². The van der Waals surface area contributed by atoms with Crippen molar-refractivity contribution in [2.24, 2.45) is 5.41 Å². The van der Waals surface area contributed by atoms with Crippen molar-refractivity contribution in [2.75, 3.05) is 19.8 Å². The number of fused-ring (bicyclic) bond motifs is 2. The molecule has 2 aliphatic rings. The third-order valence-electron chi connectivity index (χ3n) is 4.52. The van der Waals surface area contributed by atoms with Crippen LogP contribution in [0.4, 0.5) is 0 Å². The predicted molar refractivity (Wildman–Crippen MR) is 77.8 cm³/mol. The minimum Gasteiger partial charge on any atom is -0.492 e. The standard InChI is InChI=1S/C16H24N2O2/c1-3-19-14-6-13(7-17-9-14)8-18-11-16-5-4-15(2,10-16)12-20-16/h6-7,9,18H,3-5,8,10-12H2,1-2H3. The van der Waals surface area contributed by atoms with Gasteiger partial charge in [-0.05, 0) is 43.2 Å². The summed E-state index contributed by atoms with van der Waals surface area (Å²) in [5.74, 6) is 0.843. The topological polar surface area (TPSA) is 43.4 Å². The van der Waals surface area contributed by atoms with Crippen molar-refractivity contribution in [1.82, 2.24) is 10.3 Å². The normalized spacial score (nSPS) is 31.7. The second-order valence-corrected chi connectivity index (χ2v) is 6.52. The minimum absolute atomic E-state index is 0.0830. The summed E-state index contributed by atoms with van der Waals surface area (Å²) >= 11 is 0. The van der Waals surface area contributed by atoms with E-state index in [1.54, 1.807) is 6.20 Å². The Labute approximate surface area is 120 Å². The first-order chi connectivity index (χ1) is 9.63. The molecular weight excluding hydrogens is 252 g/mol. The van der Waals surface area contributed by atoms with E-state index in [0.29, 0.717) is 12.0 Å². The van der Waals surface area contributed by atoms with E-state index in [2.05, 4.69) is 23.3 Å². The molecule has 1 N–H and O–H groups in total. The monoisotopic (exact) mass is 276 g/mol. The molecule has 1 saturated heterocycles. The van der Waals surface area contributed by atoms with Gasteiger partial charge < -0.3 is 14.8 Å². The number of hydrogen-bond acceptors (Lipinski definition) is 4. The summed E-state index contributed by atoms with van der Waals surface area (Å²) in [6, 6.07) is 2.05. The van der Waals surface area contributed by atoms with Crippen LogP contribution in [-0.4, -0.2) is 30.3 Å². The van der Waals surface area contributed by atoms with E-state index in [1.165, 1.54) is 19.3 Å². The zero-order valence-electron chi connectivity index (χ0n) is 12.4. The van der Waals surface area contributed by atoms with Crippen molar-refractivity contribution in [1.29, 1.82) is 0 Å². The van der Waals surface area contributed by atoms with Gasteiger partial charge >= 0.3 is 0 Å². The van der Waals surface area contributed by atoms with Gasteiger partial charge in [0.15, 0.2) is 0 Å². The molecule has 2 heterocycles. The number of ether oxygens (including phenoxy) is 2. The highest BCUT2D eigenvalue weighted by molar-refractivity contribution is 5.23. The van der Waals surface area contributed by atoms with Crippen LogP contribution in [0.2, 0.25) is 0 Å². The lowest BCUT2D eigenvalue weighted by atomic mass is 9.90. The summed E-state index contributed by atoms with van der Waals surface area (Å²) in [6.45, 7) is 7.68. The van der Waals surface area contributed by atoms with Crippen LogP contribution >= 0.6 is 0 Å². The molecule has 3 rings (SSSR count). The van der Waals surface area contributed by atoms with E-state index in [4.69, 9.17) is 9.47 Å². The van der Waals surface area contributed by atoms with Crippen molar-refractivity contribution in [3.63, 3.8) is 0 Å². The minimum atomic E-state index is 0.0830. The quantitative estimate of drug-likeness (QED) is 0.867. The Bertz CT molecular complexity index is 467. The SMILES string of the molecule is CCOc1cncc(CNCC23CCC(C)(CO2)C3)c1. The molecule has 0 radical (unpaired) electrons. The van der Waals surface area contributed by atoms with Gasteiger partial charge in [-0.25, -0.2) is 0 Å². The van der Waals surface area contributed by atoms with Crippen molar-refractivity contribution < 1.29 is 9.47 Å². The van der Waals surface area contributed by atoms with Gasteiger partial charge in [0.25, 0.3) is 0 Å². The van der Waals surface area contributed by atoms with E-state index >= 15 is 0 Å². The summed E-state index contributed by atoms with van der Waals surface area (Å²) in [4.78, 5) is 4.21. The van der Waals surface area contributed by atoms with Gasteiger partial charge in [-0.1, -0.05) is 6.92 Å². The smallest absolute Gasteiger partial charge is 0.137 e. The lowest BCUT2D eigenvalue weighted by Gasteiger charge is -2.27. The Morgan fingerprint density at radius 1 is 1.40 bits per heavy atom. The first-order valence-corrected chi connectivity index (χ1v) is 7.55. The van der Waals surface area contributed by atoms with E-state index in [-0.39, 0.29) is 5.60 Å². The molecule has 1 aliphatic heterocycles. The maximum Gasteiger partial charge on any atom is 0.137 e. The molecule has 1 aromatic heterocycles. The number of rotatable bonds is 6. The molecule has 2 bridgehead atoms. The van der Waals surface area contributed by atoms with E-state index in [1.807, 2.05) is 13.1 Å². The van der Waals surface area contributed by atoms with Gasteiger partial charge in [0.05, 0.1) is 25.0 Å². The number of pyridine rings is 1. The molecule has 2 fully saturated rings. The molecule has 1 aliphatic carbocycles. The van der Waals surface area contributed by atoms with Crippen LogP contribution < -0.4 is 10.1 Å². The Balaban J connectivity index is 1.52. The summed E-state index contributed by atoms with van der Waals surface area (Å²) in [5, 5.41) is 3.53. The van der Waals surface area contributed by atoms with Crippen molar-refractivity contribution in [3.8, 4) is 5.75 Å². The highest BCUT2D eigenvalue weighted by Gasteiger charge is 2.52. The van der Waals surface area contributed by atoms with Crippen LogP contribution in [0.5, 0.6) is 5.75 Å². The van der Waals surface area contributed by atoms with Crippen molar-refractivity contribution in [3.05, 3.63) is 24.0 Å². The maximum atomic E-state index is 6.04. The third kappa shape index (κ3) is 2.81. The molecule has 2 unspecified atom stereocenters. The number of nitrogens with one attached hydrogen (secondary N) is 1. The van der Waals surface area contributed by atoms with Crippen LogP contribution in [0, 0.1) is 5.41 Å².